The van der Waals surface area contributed by atoms with Crippen LogP contribution in [0.4, 0.5) is 0 Å². The van der Waals surface area contributed by atoms with Crippen LogP contribution in [0.2, 0.25) is 0 Å². The Morgan fingerprint density at radius 1 is 1.36 bits per heavy atom. The number of rotatable bonds is 5. The minimum Gasteiger partial charge on any atom is -0.493 e. The number of aliphatic carboxylic acids is 1. The quantitative estimate of drug-likeness (QED) is 0.904. The van der Waals surface area contributed by atoms with Gasteiger partial charge in [-0.1, -0.05) is 12.1 Å². The van der Waals surface area contributed by atoms with Crippen LogP contribution in [0.5, 0.6) is 5.75 Å². The molecule has 0 spiro atoms. The molecule has 0 saturated carbocycles. The fourth-order valence-corrected chi connectivity index (χ4v) is 3.86. The molecule has 1 fully saturated rings. The van der Waals surface area contributed by atoms with Crippen LogP contribution >= 0.6 is 0 Å². The van der Waals surface area contributed by atoms with Gasteiger partial charge in [0, 0.05) is 31.6 Å². The molecule has 3 heterocycles. The van der Waals surface area contributed by atoms with E-state index in [1.165, 1.54) is 15.8 Å². The number of hydrogen-bond acceptors (Lipinski definition) is 4. The summed E-state index contributed by atoms with van der Waals surface area (Å²) < 4.78 is 7.09. The molecule has 6 nitrogen and oxygen atoms in total. The number of fused-ring (bicyclic) bond motifs is 1. The maximum Gasteiger partial charge on any atom is 0.325 e. The Morgan fingerprint density at radius 2 is 2.28 bits per heavy atom. The van der Waals surface area contributed by atoms with Crippen molar-refractivity contribution in [3.05, 3.63) is 47.3 Å². The van der Waals surface area contributed by atoms with Crippen LogP contribution in [-0.4, -0.2) is 45.5 Å². The Bertz CT molecular complexity index is 771. The molecule has 4 rings (SSSR count). The van der Waals surface area contributed by atoms with E-state index >= 15 is 0 Å². The number of piperidine rings is 1. The van der Waals surface area contributed by atoms with Gasteiger partial charge in [-0.05, 0) is 42.6 Å². The average Bonchev–Trinajstić information content (AvgIpc) is 3.23. The molecule has 1 aromatic carbocycles. The first-order chi connectivity index (χ1) is 12.2. The Labute approximate surface area is 147 Å². The standard InChI is InChI=1S/C19H23N3O3/c23-19(24)13-22-8-5-17(20-22)16-2-1-7-21(12-16)11-14-3-4-18-15(10-14)6-9-25-18/h3-5,8,10,16H,1-2,6-7,9,11-13H2,(H,23,24). The average molecular weight is 341 g/mol. The molecule has 2 aromatic rings. The fourth-order valence-electron chi connectivity index (χ4n) is 3.86. The summed E-state index contributed by atoms with van der Waals surface area (Å²) in [5.74, 6) is 0.548. The third-order valence-electron chi connectivity index (χ3n) is 5.04. The van der Waals surface area contributed by atoms with E-state index in [4.69, 9.17) is 9.84 Å². The lowest BCUT2D eigenvalue weighted by Crippen LogP contribution is -2.34. The lowest BCUT2D eigenvalue weighted by atomic mass is 9.94. The molecular weight excluding hydrogens is 318 g/mol. The van der Waals surface area contributed by atoms with Crippen molar-refractivity contribution >= 4 is 5.97 Å². The Hall–Kier alpha value is -2.34. The van der Waals surface area contributed by atoms with E-state index in [1.807, 2.05) is 6.07 Å². The van der Waals surface area contributed by atoms with Crippen LogP contribution in [0, 0.1) is 0 Å². The van der Waals surface area contributed by atoms with Gasteiger partial charge in [0.1, 0.15) is 12.3 Å². The predicted molar refractivity (Wildman–Crippen MR) is 92.8 cm³/mol. The number of benzene rings is 1. The van der Waals surface area contributed by atoms with Crippen LogP contribution in [0.3, 0.4) is 0 Å². The topological polar surface area (TPSA) is 67.6 Å². The van der Waals surface area contributed by atoms with Crippen molar-refractivity contribution in [3.8, 4) is 5.75 Å². The smallest absolute Gasteiger partial charge is 0.325 e. The first kappa shape index (κ1) is 16.1. The minimum atomic E-state index is -0.861. The number of hydrogen-bond donors (Lipinski definition) is 1. The molecule has 2 aliphatic rings. The van der Waals surface area contributed by atoms with Crippen LogP contribution in [0.1, 0.15) is 35.6 Å². The maximum atomic E-state index is 10.8. The van der Waals surface area contributed by atoms with E-state index in [0.717, 1.165) is 56.9 Å². The first-order valence-corrected chi connectivity index (χ1v) is 8.89. The summed E-state index contributed by atoms with van der Waals surface area (Å²) in [6, 6.07) is 8.49. The highest BCUT2D eigenvalue weighted by Crippen LogP contribution is 2.29. The van der Waals surface area contributed by atoms with E-state index < -0.39 is 5.97 Å². The van der Waals surface area contributed by atoms with Gasteiger partial charge in [0.05, 0.1) is 12.3 Å². The monoisotopic (exact) mass is 341 g/mol. The molecule has 0 amide bonds. The zero-order valence-corrected chi connectivity index (χ0v) is 14.2. The third kappa shape index (κ3) is 3.69. The van der Waals surface area contributed by atoms with Gasteiger partial charge in [-0.3, -0.25) is 14.4 Å². The van der Waals surface area contributed by atoms with Crippen molar-refractivity contribution in [3.63, 3.8) is 0 Å². The van der Waals surface area contributed by atoms with Crippen molar-refractivity contribution in [2.75, 3.05) is 19.7 Å². The number of carboxylic acid groups (broad SMARTS) is 1. The highest BCUT2D eigenvalue weighted by Gasteiger charge is 2.24. The molecular formula is C19H23N3O3. The Kier molecular flexibility index (Phi) is 4.44. The predicted octanol–water partition coefficient (Wildman–Crippen LogP) is 2.28. The van der Waals surface area contributed by atoms with E-state index in [-0.39, 0.29) is 6.54 Å². The first-order valence-electron chi connectivity index (χ1n) is 8.89. The highest BCUT2D eigenvalue weighted by molar-refractivity contribution is 5.66. The van der Waals surface area contributed by atoms with Crippen molar-refractivity contribution in [1.29, 1.82) is 0 Å². The molecule has 1 saturated heterocycles. The summed E-state index contributed by atoms with van der Waals surface area (Å²) >= 11 is 0. The van der Waals surface area contributed by atoms with Gasteiger partial charge in [-0.25, -0.2) is 0 Å². The molecule has 1 unspecified atom stereocenters. The Morgan fingerprint density at radius 3 is 3.16 bits per heavy atom. The molecule has 0 aliphatic carbocycles. The van der Waals surface area contributed by atoms with Crippen LogP contribution in [0.15, 0.2) is 30.5 Å². The summed E-state index contributed by atoms with van der Waals surface area (Å²) in [7, 11) is 0. The Balaban J connectivity index is 1.40. The van der Waals surface area contributed by atoms with Crippen molar-refractivity contribution in [2.24, 2.45) is 0 Å². The number of nitrogens with zero attached hydrogens (tertiary/aromatic N) is 3. The normalized spacial score (nSPS) is 20.2. The van der Waals surface area contributed by atoms with Gasteiger partial charge < -0.3 is 9.84 Å². The number of ether oxygens (including phenoxy) is 1. The molecule has 0 bridgehead atoms. The molecule has 2 aliphatic heterocycles. The van der Waals surface area contributed by atoms with Gasteiger partial charge in [-0.15, -0.1) is 0 Å². The summed E-state index contributed by atoms with van der Waals surface area (Å²) in [6.45, 7) is 3.73. The number of aromatic nitrogens is 2. The second-order valence-electron chi connectivity index (χ2n) is 6.95. The van der Waals surface area contributed by atoms with E-state index in [1.54, 1.807) is 6.20 Å². The number of carboxylic acids is 1. The number of likely N-dealkylation sites (tertiary alicyclic amines) is 1. The molecule has 25 heavy (non-hydrogen) atoms. The second-order valence-corrected chi connectivity index (χ2v) is 6.95. The molecule has 1 N–H and O–H groups in total. The van der Waals surface area contributed by atoms with E-state index in [9.17, 15) is 4.79 Å². The third-order valence-corrected chi connectivity index (χ3v) is 5.04. The van der Waals surface area contributed by atoms with E-state index in [0.29, 0.717) is 5.92 Å². The zero-order chi connectivity index (χ0) is 17.2. The maximum absolute atomic E-state index is 10.8. The molecule has 0 radical (unpaired) electrons. The lowest BCUT2D eigenvalue weighted by molar-refractivity contribution is -0.137. The molecule has 1 atom stereocenters. The van der Waals surface area contributed by atoms with Gasteiger partial charge in [-0.2, -0.15) is 5.10 Å². The summed E-state index contributed by atoms with van der Waals surface area (Å²) in [6.07, 6.45) is 5.03. The van der Waals surface area contributed by atoms with Gasteiger partial charge in [0.2, 0.25) is 0 Å². The number of carbonyl (C=O) groups is 1. The van der Waals surface area contributed by atoms with Crippen LogP contribution < -0.4 is 4.74 Å². The van der Waals surface area contributed by atoms with Crippen LogP contribution in [-0.2, 0) is 24.3 Å². The fraction of sp³-hybridized carbons (Fsp3) is 0.474. The molecule has 132 valence electrons. The van der Waals surface area contributed by atoms with Gasteiger partial charge >= 0.3 is 5.97 Å². The molecule has 6 heteroatoms. The van der Waals surface area contributed by atoms with Gasteiger partial charge in [0.15, 0.2) is 0 Å². The minimum absolute atomic E-state index is 0.0758. The van der Waals surface area contributed by atoms with E-state index in [2.05, 4.69) is 28.2 Å². The van der Waals surface area contributed by atoms with Crippen molar-refractivity contribution in [2.45, 2.75) is 38.3 Å². The highest BCUT2D eigenvalue weighted by atomic mass is 16.5. The van der Waals surface area contributed by atoms with Gasteiger partial charge in [0.25, 0.3) is 0 Å². The van der Waals surface area contributed by atoms with Crippen LogP contribution in [0.25, 0.3) is 0 Å². The zero-order valence-electron chi connectivity index (χ0n) is 14.2. The summed E-state index contributed by atoms with van der Waals surface area (Å²) in [5.41, 5.74) is 3.66. The second kappa shape index (κ2) is 6.88. The van der Waals surface area contributed by atoms with Crippen molar-refractivity contribution < 1.29 is 14.6 Å². The largest absolute Gasteiger partial charge is 0.493 e. The summed E-state index contributed by atoms with van der Waals surface area (Å²) in [4.78, 5) is 13.3. The molecule has 1 aromatic heterocycles. The summed E-state index contributed by atoms with van der Waals surface area (Å²) in [5, 5.41) is 13.3. The van der Waals surface area contributed by atoms with Crippen molar-refractivity contribution in [1.82, 2.24) is 14.7 Å². The lowest BCUT2D eigenvalue weighted by Gasteiger charge is -2.32. The SMILES string of the molecule is O=C(O)Cn1ccc(C2CCCN(Cc3ccc4c(c3)CCO4)C2)n1.